The van der Waals surface area contributed by atoms with Gasteiger partial charge in [0, 0.05) is 17.0 Å². The lowest BCUT2D eigenvalue weighted by molar-refractivity contribution is 0.354. The van der Waals surface area contributed by atoms with Crippen LogP contribution in [0.3, 0.4) is 0 Å². The van der Waals surface area contributed by atoms with Crippen LogP contribution in [0.5, 0.6) is 17.2 Å². The Labute approximate surface area is 157 Å². The van der Waals surface area contributed by atoms with Crippen molar-refractivity contribution >= 4 is 5.76 Å². The molecular formula is C23H19FO3. The molecule has 1 atom stereocenters. The van der Waals surface area contributed by atoms with E-state index in [1.165, 1.54) is 12.1 Å². The maximum atomic E-state index is 13.4. The number of rotatable bonds is 4. The first-order chi connectivity index (χ1) is 13.2. The summed E-state index contributed by atoms with van der Waals surface area (Å²) in [5.41, 5.74) is 2.94. The van der Waals surface area contributed by atoms with Gasteiger partial charge in [0.05, 0.1) is 14.2 Å². The quantitative estimate of drug-likeness (QED) is 0.621. The summed E-state index contributed by atoms with van der Waals surface area (Å²) in [5.74, 6) is 2.54. The van der Waals surface area contributed by atoms with E-state index in [4.69, 9.17) is 14.2 Å². The highest BCUT2D eigenvalue weighted by atomic mass is 19.1. The molecule has 0 fully saturated rings. The number of benzene rings is 3. The molecule has 1 aliphatic rings. The Balaban J connectivity index is 1.81. The molecule has 4 heteroatoms. The van der Waals surface area contributed by atoms with E-state index in [-0.39, 0.29) is 11.7 Å². The van der Waals surface area contributed by atoms with E-state index in [1.54, 1.807) is 14.2 Å². The Hall–Kier alpha value is -3.27. The summed E-state index contributed by atoms with van der Waals surface area (Å²) >= 11 is 0. The van der Waals surface area contributed by atoms with Crippen molar-refractivity contribution < 1.29 is 18.6 Å². The molecular weight excluding hydrogens is 343 g/mol. The van der Waals surface area contributed by atoms with Crippen LogP contribution in [0.25, 0.3) is 5.76 Å². The lowest BCUT2D eigenvalue weighted by atomic mass is 9.88. The van der Waals surface area contributed by atoms with Crippen molar-refractivity contribution in [2.45, 2.75) is 5.92 Å². The Morgan fingerprint density at radius 3 is 2.33 bits per heavy atom. The predicted molar refractivity (Wildman–Crippen MR) is 103 cm³/mol. The topological polar surface area (TPSA) is 27.7 Å². The summed E-state index contributed by atoms with van der Waals surface area (Å²) < 4.78 is 30.3. The summed E-state index contributed by atoms with van der Waals surface area (Å²) in [5, 5.41) is 0. The first-order valence-electron chi connectivity index (χ1n) is 8.66. The molecule has 0 bridgehead atoms. The highest BCUT2D eigenvalue weighted by Crippen LogP contribution is 2.42. The van der Waals surface area contributed by atoms with E-state index in [1.807, 2.05) is 54.6 Å². The zero-order valence-corrected chi connectivity index (χ0v) is 15.1. The van der Waals surface area contributed by atoms with Gasteiger partial charge < -0.3 is 14.2 Å². The Morgan fingerprint density at radius 2 is 1.59 bits per heavy atom. The van der Waals surface area contributed by atoms with Crippen LogP contribution in [0.15, 0.2) is 72.8 Å². The molecule has 136 valence electrons. The third-order valence-corrected chi connectivity index (χ3v) is 4.69. The highest BCUT2D eigenvalue weighted by Gasteiger charge is 2.24. The van der Waals surface area contributed by atoms with Crippen LogP contribution in [-0.2, 0) is 0 Å². The van der Waals surface area contributed by atoms with E-state index < -0.39 is 0 Å². The van der Waals surface area contributed by atoms with Crippen molar-refractivity contribution in [2.75, 3.05) is 14.2 Å². The van der Waals surface area contributed by atoms with Gasteiger partial charge in [-0.2, -0.15) is 0 Å². The van der Waals surface area contributed by atoms with E-state index >= 15 is 0 Å². The van der Waals surface area contributed by atoms with Gasteiger partial charge in [0.25, 0.3) is 0 Å². The fourth-order valence-electron chi connectivity index (χ4n) is 3.31. The summed E-state index contributed by atoms with van der Waals surface area (Å²) in [4.78, 5) is 0. The van der Waals surface area contributed by atoms with Gasteiger partial charge in [-0.3, -0.25) is 0 Å². The second-order valence-corrected chi connectivity index (χ2v) is 6.27. The van der Waals surface area contributed by atoms with E-state index in [0.29, 0.717) is 11.5 Å². The molecule has 0 amide bonds. The first-order valence-corrected chi connectivity index (χ1v) is 8.66. The molecule has 3 aromatic rings. The molecule has 0 N–H and O–H groups in total. The Kier molecular flexibility index (Phi) is 4.55. The minimum Gasteiger partial charge on any atom is -0.493 e. The van der Waals surface area contributed by atoms with Gasteiger partial charge in [-0.05, 0) is 48.0 Å². The van der Waals surface area contributed by atoms with Gasteiger partial charge >= 0.3 is 0 Å². The maximum Gasteiger partial charge on any atom is 0.161 e. The molecule has 4 rings (SSSR count). The van der Waals surface area contributed by atoms with Gasteiger partial charge in [0.1, 0.15) is 17.3 Å². The van der Waals surface area contributed by atoms with Crippen molar-refractivity contribution in [3.8, 4) is 17.2 Å². The van der Waals surface area contributed by atoms with Crippen LogP contribution < -0.4 is 14.2 Å². The first kappa shape index (κ1) is 17.2. The second kappa shape index (κ2) is 7.16. The third kappa shape index (κ3) is 3.26. The number of hydrogen-bond donors (Lipinski definition) is 0. The number of hydrogen-bond acceptors (Lipinski definition) is 3. The number of para-hydroxylation sites is 1. The van der Waals surface area contributed by atoms with Crippen LogP contribution in [0.1, 0.15) is 22.6 Å². The van der Waals surface area contributed by atoms with Crippen molar-refractivity contribution in [3.63, 3.8) is 0 Å². The molecule has 0 saturated heterocycles. The Bertz CT molecular complexity index is 993. The number of allylic oxidation sites excluding steroid dienone is 1. The van der Waals surface area contributed by atoms with Crippen molar-refractivity contribution in [1.29, 1.82) is 0 Å². The SMILES string of the molecule is COc1ccc(C2=C[C@H](c3ccc(F)cc3)c3ccccc3O2)cc1OC. The zero-order valence-electron chi connectivity index (χ0n) is 15.1. The molecule has 0 aliphatic carbocycles. The fourth-order valence-corrected chi connectivity index (χ4v) is 3.31. The average molecular weight is 362 g/mol. The highest BCUT2D eigenvalue weighted by molar-refractivity contribution is 5.70. The number of halogens is 1. The summed E-state index contributed by atoms with van der Waals surface area (Å²) in [6.45, 7) is 0. The molecule has 0 aromatic heterocycles. The fraction of sp³-hybridized carbons (Fsp3) is 0.130. The maximum absolute atomic E-state index is 13.4. The summed E-state index contributed by atoms with van der Waals surface area (Å²) in [6, 6.07) is 20.2. The van der Waals surface area contributed by atoms with Gasteiger partial charge in [0.15, 0.2) is 11.5 Å². The average Bonchev–Trinajstić information content (AvgIpc) is 2.73. The second-order valence-electron chi connectivity index (χ2n) is 6.27. The number of ether oxygens (including phenoxy) is 3. The molecule has 0 radical (unpaired) electrons. The van der Waals surface area contributed by atoms with Crippen LogP contribution >= 0.6 is 0 Å². The Morgan fingerprint density at radius 1 is 0.852 bits per heavy atom. The van der Waals surface area contributed by atoms with E-state index in [9.17, 15) is 4.39 Å². The van der Waals surface area contributed by atoms with Crippen molar-refractivity contribution in [3.05, 3.63) is 95.3 Å². The van der Waals surface area contributed by atoms with Crippen molar-refractivity contribution in [1.82, 2.24) is 0 Å². The van der Waals surface area contributed by atoms with Crippen LogP contribution in [0.2, 0.25) is 0 Å². The third-order valence-electron chi connectivity index (χ3n) is 4.69. The zero-order chi connectivity index (χ0) is 18.8. The summed E-state index contributed by atoms with van der Waals surface area (Å²) in [6.07, 6.45) is 2.05. The molecule has 27 heavy (non-hydrogen) atoms. The molecule has 0 unspecified atom stereocenters. The van der Waals surface area contributed by atoms with Crippen molar-refractivity contribution in [2.24, 2.45) is 0 Å². The van der Waals surface area contributed by atoms with Gasteiger partial charge in [-0.15, -0.1) is 0 Å². The summed E-state index contributed by atoms with van der Waals surface area (Å²) in [7, 11) is 3.21. The van der Waals surface area contributed by atoms with Crippen LogP contribution in [-0.4, -0.2) is 14.2 Å². The minimum atomic E-state index is -0.247. The predicted octanol–water partition coefficient (Wildman–Crippen LogP) is 5.41. The lowest BCUT2D eigenvalue weighted by Gasteiger charge is -2.25. The number of fused-ring (bicyclic) bond motifs is 1. The van der Waals surface area contributed by atoms with Gasteiger partial charge in [-0.1, -0.05) is 30.3 Å². The normalized spacial score (nSPS) is 15.4. The van der Waals surface area contributed by atoms with E-state index in [0.717, 1.165) is 28.2 Å². The van der Waals surface area contributed by atoms with Crippen LogP contribution in [0.4, 0.5) is 4.39 Å². The smallest absolute Gasteiger partial charge is 0.161 e. The van der Waals surface area contributed by atoms with Gasteiger partial charge in [-0.25, -0.2) is 4.39 Å². The van der Waals surface area contributed by atoms with Crippen LogP contribution in [0, 0.1) is 5.82 Å². The molecule has 3 aromatic carbocycles. The monoisotopic (exact) mass is 362 g/mol. The standard InChI is InChI=1S/C23H19FO3/c1-25-21-12-9-16(13-23(21)26-2)22-14-19(15-7-10-17(24)11-8-15)18-5-3-4-6-20(18)27-22/h3-14,19H,1-2H3/t19-/m1/s1. The van der Waals surface area contributed by atoms with Gasteiger partial charge in [0.2, 0.25) is 0 Å². The minimum absolute atomic E-state index is 0.0290. The molecule has 3 nitrogen and oxygen atoms in total. The largest absolute Gasteiger partial charge is 0.493 e. The molecule has 0 spiro atoms. The molecule has 1 heterocycles. The molecule has 1 aliphatic heterocycles. The number of methoxy groups -OCH3 is 2. The van der Waals surface area contributed by atoms with E-state index in [2.05, 4.69) is 6.08 Å². The molecule has 0 saturated carbocycles. The lowest BCUT2D eigenvalue weighted by Crippen LogP contribution is -2.10.